The first kappa shape index (κ1) is 27.5. The fraction of sp³-hybridized carbons (Fsp3) is 0.111. The summed E-state index contributed by atoms with van der Waals surface area (Å²) in [7, 11) is -2.04. The summed E-state index contributed by atoms with van der Waals surface area (Å²) in [5, 5.41) is 4.71. The van der Waals surface area contributed by atoms with Crippen LogP contribution in [-0.4, -0.2) is 4.67 Å². The second-order valence-corrected chi connectivity index (χ2v) is 11.8. The molecule has 0 aliphatic carbocycles. The third kappa shape index (κ3) is 5.03. The Labute approximate surface area is 253 Å². The van der Waals surface area contributed by atoms with Crippen molar-refractivity contribution in [3.05, 3.63) is 145 Å². The summed E-state index contributed by atoms with van der Waals surface area (Å²) in [5.41, 5.74) is 4.67. The number of hydrogen-bond donors (Lipinski definition) is 0. The molecule has 206 valence electrons. The fourth-order valence-electron chi connectivity index (χ4n) is 5.94. The monoisotopic (exact) mass is 603 g/mol. The van der Waals surface area contributed by atoms with Gasteiger partial charge in [0.1, 0.15) is 0 Å². The van der Waals surface area contributed by atoms with Gasteiger partial charge in [-0.15, -0.1) is 4.67 Å². The minimum absolute atomic E-state index is 0. The van der Waals surface area contributed by atoms with Crippen LogP contribution in [0.4, 0.5) is 0 Å². The largest absolute Gasteiger partial charge is 1.00 e. The zero-order valence-electron chi connectivity index (χ0n) is 22.9. The van der Waals surface area contributed by atoms with E-state index in [9.17, 15) is 0 Å². The molecule has 0 unspecified atom stereocenters. The zero-order valence-corrected chi connectivity index (χ0v) is 24.9. The zero-order chi connectivity index (χ0) is 27.1. The van der Waals surface area contributed by atoms with Gasteiger partial charge in [0.25, 0.3) is 0 Å². The Bertz CT molecular complexity index is 1680. The Morgan fingerprint density at radius 1 is 0.488 bits per heavy atom. The third-order valence-electron chi connectivity index (χ3n) is 8.04. The Hall–Kier alpha value is -3.65. The van der Waals surface area contributed by atoms with Crippen LogP contribution in [0.1, 0.15) is 37.1 Å². The van der Waals surface area contributed by atoms with Gasteiger partial charge in [-0.3, -0.25) is 9.05 Å². The number of hydrogen-bond acceptors (Lipinski definition) is 3. The van der Waals surface area contributed by atoms with Crippen molar-refractivity contribution in [2.45, 2.75) is 25.9 Å². The van der Waals surface area contributed by atoms with Gasteiger partial charge in [0.15, 0.2) is 11.5 Å². The number of nitrogens with zero attached hydrogens (tertiary/aromatic N) is 1. The van der Waals surface area contributed by atoms with Crippen molar-refractivity contribution in [1.29, 1.82) is 0 Å². The molecule has 0 aromatic heterocycles. The first-order valence-electron chi connectivity index (χ1n) is 13.8. The van der Waals surface area contributed by atoms with E-state index >= 15 is 0 Å². The summed E-state index contributed by atoms with van der Waals surface area (Å²) in [5.74, 6) is 1.74. The predicted octanol–water partition coefficient (Wildman–Crippen LogP) is 10.2. The quantitative estimate of drug-likeness (QED) is 0.144. The molecule has 0 bridgehead atoms. The maximum atomic E-state index is 7.05. The van der Waals surface area contributed by atoms with E-state index in [1.54, 1.807) is 0 Å². The molecule has 2 atom stereocenters. The van der Waals surface area contributed by atoms with Gasteiger partial charge in [0.2, 0.25) is 0 Å². The fourth-order valence-corrected chi connectivity index (χ4v) is 7.84. The summed E-state index contributed by atoms with van der Waals surface area (Å²) in [4.78, 5) is 0. The molecular weight excluding hydrogens is 573 g/mol. The topological polar surface area (TPSA) is 21.7 Å². The molecule has 0 saturated heterocycles. The van der Waals surface area contributed by atoms with Crippen LogP contribution in [0.3, 0.4) is 0 Å². The SMILES string of the molecule is C[C@H](c1ccccc1)N([C@H](C)c1ccccc1)[PH+]1Oc2ccc3ccccc3c2-c2c(ccc3ccccc23)O1.[Cu+]. The molecule has 6 aromatic carbocycles. The first-order valence-corrected chi connectivity index (χ1v) is 15.1. The van der Waals surface area contributed by atoms with E-state index in [4.69, 9.17) is 9.05 Å². The maximum absolute atomic E-state index is 7.05. The van der Waals surface area contributed by atoms with E-state index in [-0.39, 0.29) is 29.2 Å². The molecule has 0 radical (unpaired) electrons. The Morgan fingerprint density at radius 3 is 1.32 bits per heavy atom. The molecule has 0 fully saturated rings. The molecule has 3 nitrogen and oxygen atoms in total. The molecule has 1 aliphatic heterocycles. The number of fused-ring (bicyclic) bond motifs is 7. The first-order chi connectivity index (χ1) is 19.7. The summed E-state index contributed by atoms with van der Waals surface area (Å²) in [6.45, 7) is 4.51. The van der Waals surface area contributed by atoms with Crippen molar-refractivity contribution in [1.82, 2.24) is 4.67 Å². The minimum Gasteiger partial charge on any atom is -0.292 e. The molecule has 1 heterocycles. The Balaban J connectivity index is 0.00000302. The van der Waals surface area contributed by atoms with E-state index in [2.05, 4.69) is 152 Å². The van der Waals surface area contributed by atoms with E-state index in [0.29, 0.717) is 0 Å². The van der Waals surface area contributed by atoms with E-state index in [1.165, 1.54) is 32.7 Å². The van der Waals surface area contributed by atoms with E-state index in [1.807, 2.05) is 0 Å². The van der Waals surface area contributed by atoms with E-state index < -0.39 is 8.53 Å². The molecule has 0 spiro atoms. The Morgan fingerprint density at radius 2 is 0.878 bits per heavy atom. The summed E-state index contributed by atoms with van der Waals surface area (Å²) in [6.07, 6.45) is 0. The average Bonchev–Trinajstić information content (AvgIpc) is 3.19. The normalized spacial score (nSPS) is 14.2. The van der Waals surface area contributed by atoms with Gasteiger partial charge in [-0.05, 0) is 58.7 Å². The molecule has 41 heavy (non-hydrogen) atoms. The van der Waals surface area contributed by atoms with Crippen molar-refractivity contribution in [3.8, 4) is 22.6 Å². The van der Waals surface area contributed by atoms with Crippen molar-refractivity contribution in [2.24, 2.45) is 0 Å². The smallest absolute Gasteiger partial charge is 0.292 e. The Kier molecular flexibility index (Phi) is 7.84. The molecule has 0 N–H and O–H groups in total. The molecule has 5 heteroatoms. The second-order valence-electron chi connectivity index (χ2n) is 10.4. The van der Waals surface area contributed by atoms with Crippen LogP contribution in [0.2, 0.25) is 0 Å². The van der Waals surface area contributed by atoms with Crippen molar-refractivity contribution in [2.75, 3.05) is 0 Å². The van der Waals surface area contributed by atoms with Crippen LogP contribution >= 0.6 is 8.53 Å². The van der Waals surface area contributed by atoms with Gasteiger partial charge >= 0.3 is 25.6 Å². The van der Waals surface area contributed by atoms with Gasteiger partial charge in [-0.25, -0.2) is 0 Å². The minimum atomic E-state index is -2.04. The van der Waals surface area contributed by atoms with Crippen LogP contribution in [-0.2, 0) is 17.1 Å². The summed E-state index contributed by atoms with van der Waals surface area (Å²) >= 11 is 0. The van der Waals surface area contributed by atoms with Gasteiger partial charge in [-0.1, -0.05) is 121 Å². The summed E-state index contributed by atoms with van der Waals surface area (Å²) < 4.78 is 16.5. The van der Waals surface area contributed by atoms with Crippen LogP contribution < -0.4 is 9.05 Å². The van der Waals surface area contributed by atoms with Crippen molar-refractivity contribution >= 4 is 30.1 Å². The van der Waals surface area contributed by atoms with Gasteiger partial charge < -0.3 is 0 Å². The molecule has 0 saturated carbocycles. The summed E-state index contributed by atoms with van der Waals surface area (Å²) in [6, 6.07) is 47.1. The average molecular weight is 604 g/mol. The van der Waals surface area contributed by atoms with E-state index in [0.717, 1.165) is 22.6 Å². The second kappa shape index (κ2) is 11.7. The predicted molar refractivity (Wildman–Crippen MR) is 168 cm³/mol. The van der Waals surface area contributed by atoms with Crippen LogP contribution in [0, 0.1) is 0 Å². The van der Waals surface area contributed by atoms with Crippen molar-refractivity contribution < 1.29 is 26.1 Å². The van der Waals surface area contributed by atoms with Gasteiger partial charge in [0.05, 0.1) is 12.1 Å². The molecule has 0 amide bonds. The number of rotatable bonds is 5. The molecule has 1 aliphatic rings. The number of benzene rings is 6. The molecule has 7 rings (SSSR count). The van der Waals surface area contributed by atoms with Gasteiger partial charge in [-0.2, -0.15) is 0 Å². The van der Waals surface area contributed by atoms with Crippen LogP contribution in [0.15, 0.2) is 133 Å². The van der Waals surface area contributed by atoms with Crippen LogP contribution in [0.5, 0.6) is 11.5 Å². The van der Waals surface area contributed by atoms with Crippen LogP contribution in [0.25, 0.3) is 32.7 Å². The van der Waals surface area contributed by atoms with Crippen molar-refractivity contribution in [3.63, 3.8) is 0 Å². The molecular formula is C36H31CuNO2P+2. The maximum Gasteiger partial charge on any atom is 1.00 e. The molecule has 6 aromatic rings. The van der Waals surface area contributed by atoms with Gasteiger partial charge in [0, 0.05) is 11.1 Å². The standard InChI is InChI=1S/C36H30NO2P.Cu/c1-25(27-13-5-3-6-14-27)37(26(2)28-15-7-4-8-16-28)40-38-33-23-21-29-17-9-11-19-31(29)35(33)36-32-20-12-10-18-30(32)22-24-34(36)39-40;/h3-26H,1-2H3;/q;+1/p+1/t25-,26-;/m1./s1. The third-order valence-corrected chi connectivity index (χ3v) is 10.0.